The van der Waals surface area contributed by atoms with Crippen LogP contribution in [-0.4, -0.2) is 28.0 Å². The maximum Gasteiger partial charge on any atom is 0.223 e. The average Bonchev–Trinajstić information content (AvgIpc) is 2.97. The van der Waals surface area contributed by atoms with Gasteiger partial charge in [-0.25, -0.2) is 4.68 Å². The third kappa shape index (κ3) is 4.07. The van der Waals surface area contributed by atoms with Gasteiger partial charge in [-0.15, -0.1) is 0 Å². The fourth-order valence-electron chi connectivity index (χ4n) is 3.13. The lowest BCUT2D eigenvalue weighted by molar-refractivity contribution is 0.0907. The van der Waals surface area contributed by atoms with Gasteiger partial charge in [-0.3, -0.25) is 9.59 Å². The number of nitrogens with zero attached hydrogens (tertiary/aromatic N) is 2. The van der Waals surface area contributed by atoms with Gasteiger partial charge in [0, 0.05) is 23.2 Å². The summed E-state index contributed by atoms with van der Waals surface area (Å²) in [6, 6.07) is 10.5. The molecule has 0 radical (unpaired) electrons. The number of hydrogen-bond acceptors (Lipinski definition) is 4. The maximum absolute atomic E-state index is 13.2. The summed E-state index contributed by atoms with van der Waals surface area (Å²) in [5.41, 5.74) is 3.13. The van der Waals surface area contributed by atoms with E-state index in [1.54, 1.807) is 45.2 Å². The Balaban J connectivity index is 1.93. The van der Waals surface area contributed by atoms with Crippen molar-refractivity contribution >= 4 is 34.8 Å². The van der Waals surface area contributed by atoms with E-state index in [0.717, 1.165) is 5.56 Å². The Morgan fingerprint density at radius 3 is 2.41 bits per heavy atom. The number of aromatic nitrogens is 2. The molecule has 2 aromatic carbocycles. The summed E-state index contributed by atoms with van der Waals surface area (Å²) in [5, 5.41) is 5.05. The summed E-state index contributed by atoms with van der Waals surface area (Å²) in [4.78, 5) is 25.8. The molecule has 0 fully saturated rings. The zero-order chi connectivity index (χ0) is 21.3. The monoisotopic (exact) mass is 430 g/mol. The van der Waals surface area contributed by atoms with Gasteiger partial charge >= 0.3 is 0 Å². The van der Waals surface area contributed by atoms with Crippen LogP contribution in [0.1, 0.15) is 43.1 Å². The summed E-state index contributed by atoms with van der Waals surface area (Å²) < 4.78 is 7.21. The molecule has 3 rings (SSSR count). The first-order chi connectivity index (χ1) is 13.7. The number of halogens is 2. The average molecular weight is 431 g/mol. The zero-order valence-electron chi connectivity index (χ0n) is 16.5. The van der Waals surface area contributed by atoms with Crippen LogP contribution in [0, 0.1) is 20.8 Å². The lowest BCUT2D eigenvalue weighted by atomic mass is 10.0. The molecule has 1 aromatic heterocycles. The summed E-state index contributed by atoms with van der Waals surface area (Å²) in [6.07, 6.45) is 0. The minimum absolute atomic E-state index is 0.180. The van der Waals surface area contributed by atoms with Gasteiger partial charge in [0.25, 0.3) is 0 Å². The molecular weight excluding hydrogens is 411 g/mol. The second-order valence-corrected chi connectivity index (χ2v) is 7.56. The molecule has 0 saturated heterocycles. The van der Waals surface area contributed by atoms with Gasteiger partial charge in [0.1, 0.15) is 5.56 Å². The lowest BCUT2D eigenvalue weighted by Gasteiger charge is -2.11. The molecule has 0 aliphatic rings. The minimum Gasteiger partial charge on any atom is -0.469 e. The van der Waals surface area contributed by atoms with Crippen molar-refractivity contribution in [2.45, 2.75) is 20.8 Å². The van der Waals surface area contributed by atoms with E-state index in [0.29, 0.717) is 27.4 Å². The quantitative estimate of drug-likeness (QED) is 0.507. The van der Waals surface area contributed by atoms with Crippen LogP contribution in [0.5, 0.6) is 5.88 Å². The van der Waals surface area contributed by atoms with Gasteiger partial charge in [-0.2, -0.15) is 5.10 Å². The number of aryl methyl sites for hydroxylation is 3. The Labute approximate surface area is 179 Å². The number of hydrogen-bond donors (Lipinski definition) is 0. The molecule has 0 atom stereocenters. The highest BCUT2D eigenvalue weighted by atomic mass is 35.5. The van der Waals surface area contributed by atoms with Crippen LogP contribution >= 0.6 is 23.2 Å². The van der Waals surface area contributed by atoms with Crippen LogP contribution in [0.4, 0.5) is 0 Å². The van der Waals surface area contributed by atoms with Gasteiger partial charge < -0.3 is 4.74 Å². The highest BCUT2D eigenvalue weighted by molar-refractivity contribution is 6.38. The smallest absolute Gasteiger partial charge is 0.223 e. The van der Waals surface area contributed by atoms with Crippen molar-refractivity contribution in [1.29, 1.82) is 0 Å². The first-order valence-electron chi connectivity index (χ1n) is 8.97. The van der Waals surface area contributed by atoms with Crippen LogP contribution in [-0.2, 0) is 7.05 Å². The number of benzene rings is 2. The number of rotatable bonds is 6. The Hall–Kier alpha value is -2.63. The van der Waals surface area contributed by atoms with Gasteiger partial charge in [-0.1, -0.05) is 47.5 Å². The molecule has 0 N–H and O–H groups in total. The molecule has 150 valence electrons. The standard InChI is InChI=1S/C22H20Cl2N2O3/c1-12-7-5-6-8-15(12)18(27)11-29-22-19(14(3)25-26(22)4)21(28)16-9-10-17(23)13(2)20(16)24/h5-10H,11H2,1-4H3. The molecule has 0 amide bonds. The largest absolute Gasteiger partial charge is 0.469 e. The number of carbonyl (C=O) groups is 2. The predicted octanol–water partition coefficient (Wildman–Crippen LogP) is 5.14. The van der Waals surface area contributed by atoms with Gasteiger partial charge in [-0.05, 0) is 44.0 Å². The summed E-state index contributed by atoms with van der Waals surface area (Å²) in [5.74, 6) is -0.294. The molecule has 0 spiro atoms. The predicted molar refractivity (Wildman–Crippen MR) is 114 cm³/mol. The molecule has 7 heteroatoms. The molecule has 5 nitrogen and oxygen atoms in total. The first-order valence-corrected chi connectivity index (χ1v) is 9.72. The van der Waals surface area contributed by atoms with Crippen molar-refractivity contribution in [1.82, 2.24) is 9.78 Å². The Morgan fingerprint density at radius 2 is 1.72 bits per heavy atom. The highest BCUT2D eigenvalue weighted by Crippen LogP contribution is 2.32. The van der Waals surface area contributed by atoms with E-state index in [1.807, 2.05) is 19.1 Å². The van der Waals surface area contributed by atoms with E-state index >= 15 is 0 Å². The van der Waals surface area contributed by atoms with E-state index in [2.05, 4.69) is 5.10 Å². The van der Waals surface area contributed by atoms with E-state index in [-0.39, 0.29) is 34.6 Å². The van der Waals surface area contributed by atoms with Gasteiger partial charge in [0.2, 0.25) is 17.4 Å². The maximum atomic E-state index is 13.2. The second-order valence-electron chi connectivity index (χ2n) is 6.78. The van der Waals surface area contributed by atoms with Crippen LogP contribution < -0.4 is 4.74 Å². The van der Waals surface area contributed by atoms with Crippen molar-refractivity contribution < 1.29 is 14.3 Å². The van der Waals surface area contributed by atoms with Crippen LogP contribution in [0.25, 0.3) is 0 Å². The molecule has 0 bridgehead atoms. The molecule has 29 heavy (non-hydrogen) atoms. The molecule has 0 aliphatic heterocycles. The van der Waals surface area contributed by atoms with Crippen LogP contribution in [0.2, 0.25) is 10.0 Å². The molecule has 0 unspecified atom stereocenters. The van der Waals surface area contributed by atoms with E-state index in [1.165, 1.54) is 4.68 Å². The van der Waals surface area contributed by atoms with Crippen molar-refractivity contribution in [3.8, 4) is 5.88 Å². The van der Waals surface area contributed by atoms with Crippen LogP contribution in [0.15, 0.2) is 36.4 Å². The fourth-order valence-corrected chi connectivity index (χ4v) is 3.59. The number of ether oxygens (including phenoxy) is 1. The van der Waals surface area contributed by atoms with Crippen molar-refractivity contribution in [3.05, 3.63) is 80.0 Å². The third-order valence-corrected chi connectivity index (χ3v) is 5.64. The summed E-state index contributed by atoms with van der Waals surface area (Å²) >= 11 is 12.4. The zero-order valence-corrected chi connectivity index (χ0v) is 18.1. The lowest BCUT2D eigenvalue weighted by Crippen LogP contribution is -2.16. The number of ketones is 2. The topological polar surface area (TPSA) is 61.2 Å². The Morgan fingerprint density at radius 1 is 1.03 bits per heavy atom. The van der Waals surface area contributed by atoms with Crippen molar-refractivity contribution in [3.63, 3.8) is 0 Å². The van der Waals surface area contributed by atoms with E-state index in [4.69, 9.17) is 27.9 Å². The molecule has 0 aliphatic carbocycles. The summed E-state index contributed by atoms with van der Waals surface area (Å²) in [6.45, 7) is 5.11. The van der Waals surface area contributed by atoms with Gasteiger partial charge in [0.15, 0.2) is 6.61 Å². The van der Waals surface area contributed by atoms with E-state index in [9.17, 15) is 9.59 Å². The van der Waals surface area contributed by atoms with E-state index < -0.39 is 0 Å². The van der Waals surface area contributed by atoms with Gasteiger partial charge in [0.05, 0.1) is 10.7 Å². The Kier molecular flexibility index (Phi) is 6.10. The summed E-state index contributed by atoms with van der Waals surface area (Å²) in [7, 11) is 1.66. The second kappa shape index (κ2) is 8.39. The molecular formula is C22H20Cl2N2O3. The molecule has 1 heterocycles. The highest BCUT2D eigenvalue weighted by Gasteiger charge is 2.26. The van der Waals surface area contributed by atoms with Crippen LogP contribution in [0.3, 0.4) is 0 Å². The number of Topliss-reactive ketones (excluding diaryl/α,β-unsaturated/α-hetero) is 1. The molecule has 3 aromatic rings. The van der Waals surface area contributed by atoms with Crippen molar-refractivity contribution in [2.75, 3.05) is 6.61 Å². The molecule has 0 saturated carbocycles. The number of carbonyl (C=O) groups excluding carboxylic acids is 2. The fraction of sp³-hybridized carbons (Fsp3) is 0.227. The van der Waals surface area contributed by atoms with Crippen molar-refractivity contribution in [2.24, 2.45) is 7.05 Å². The SMILES string of the molecule is Cc1ccccc1C(=O)COc1c(C(=O)c2ccc(Cl)c(C)c2Cl)c(C)nn1C. The minimum atomic E-state index is -0.335. The normalized spacial score (nSPS) is 10.8. The first kappa shape index (κ1) is 21.1. The third-order valence-electron chi connectivity index (χ3n) is 4.75. The Bertz CT molecular complexity index is 1120.